The van der Waals surface area contributed by atoms with Crippen LogP contribution in [-0.4, -0.2) is 6.54 Å². The molecule has 2 nitrogen and oxygen atoms in total. The number of hydrogen-bond acceptors (Lipinski definition) is 2. The molecule has 1 atom stereocenters. The van der Waals surface area contributed by atoms with Gasteiger partial charge in [-0.15, -0.1) is 0 Å². The van der Waals surface area contributed by atoms with E-state index < -0.39 is 0 Å². The van der Waals surface area contributed by atoms with Gasteiger partial charge in [0.15, 0.2) is 0 Å². The standard InChI is InChI=1S/C18H20N2/c1-14(2)18(16-6-4-3-5-7-16)13-20-17-10-8-15(12-19)9-11-17/h3-11,14,18,20H,13H2,1-2H3. The molecular formula is C18H20N2. The zero-order chi connectivity index (χ0) is 14.4. The van der Waals surface area contributed by atoms with Gasteiger partial charge in [0, 0.05) is 18.2 Å². The zero-order valence-corrected chi connectivity index (χ0v) is 12.0. The first-order chi connectivity index (χ1) is 9.70. The minimum Gasteiger partial charge on any atom is -0.384 e. The van der Waals surface area contributed by atoms with Crippen molar-refractivity contribution in [3.8, 4) is 6.07 Å². The van der Waals surface area contributed by atoms with Crippen LogP contribution in [-0.2, 0) is 0 Å². The lowest BCUT2D eigenvalue weighted by molar-refractivity contribution is 0.517. The highest BCUT2D eigenvalue weighted by atomic mass is 14.9. The minimum atomic E-state index is 0.479. The second-order valence-corrected chi connectivity index (χ2v) is 5.33. The van der Waals surface area contributed by atoms with Gasteiger partial charge in [-0.1, -0.05) is 44.2 Å². The van der Waals surface area contributed by atoms with Crippen molar-refractivity contribution >= 4 is 5.69 Å². The summed E-state index contributed by atoms with van der Waals surface area (Å²) >= 11 is 0. The van der Waals surface area contributed by atoms with E-state index in [1.165, 1.54) is 5.56 Å². The number of hydrogen-bond donors (Lipinski definition) is 1. The van der Waals surface area contributed by atoms with Crippen LogP contribution in [0.3, 0.4) is 0 Å². The molecule has 0 radical (unpaired) electrons. The van der Waals surface area contributed by atoms with Crippen LogP contribution in [0.1, 0.15) is 30.9 Å². The van der Waals surface area contributed by atoms with Crippen LogP contribution in [0.25, 0.3) is 0 Å². The molecule has 2 aromatic rings. The van der Waals surface area contributed by atoms with E-state index >= 15 is 0 Å². The molecule has 0 spiro atoms. The van der Waals surface area contributed by atoms with Crippen molar-refractivity contribution in [2.24, 2.45) is 5.92 Å². The second-order valence-electron chi connectivity index (χ2n) is 5.33. The molecule has 0 aromatic heterocycles. The second kappa shape index (κ2) is 6.77. The van der Waals surface area contributed by atoms with E-state index in [9.17, 15) is 0 Å². The van der Waals surface area contributed by atoms with Crippen molar-refractivity contribution in [2.75, 3.05) is 11.9 Å². The van der Waals surface area contributed by atoms with Gasteiger partial charge in [0.05, 0.1) is 11.6 Å². The van der Waals surface area contributed by atoms with Gasteiger partial charge in [-0.2, -0.15) is 5.26 Å². The third-order valence-electron chi connectivity index (χ3n) is 3.57. The van der Waals surface area contributed by atoms with Crippen LogP contribution in [0.4, 0.5) is 5.69 Å². The number of rotatable bonds is 5. The van der Waals surface area contributed by atoms with Crippen molar-refractivity contribution in [1.82, 2.24) is 0 Å². The fraction of sp³-hybridized carbons (Fsp3) is 0.278. The summed E-state index contributed by atoms with van der Waals surface area (Å²) in [6.45, 7) is 5.39. The Balaban J connectivity index is 2.04. The van der Waals surface area contributed by atoms with E-state index in [-0.39, 0.29) is 0 Å². The molecule has 0 saturated carbocycles. The summed E-state index contributed by atoms with van der Waals surface area (Å²) in [6, 6.07) is 20.3. The molecule has 2 aromatic carbocycles. The van der Waals surface area contributed by atoms with E-state index in [1.54, 1.807) is 0 Å². The molecule has 20 heavy (non-hydrogen) atoms. The number of nitriles is 1. The molecule has 1 unspecified atom stereocenters. The fourth-order valence-electron chi connectivity index (χ4n) is 2.33. The number of nitrogens with zero attached hydrogens (tertiary/aromatic N) is 1. The van der Waals surface area contributed by atoms with Gasteiger partial charge in [0.2, 0.25) is 0 Å². The highest BCUT2D eigenvalue weighted by Crippen LogP contribution is 2.24. The maximum Gasteiger partial charge on any atom is 0.0991 e. The number of anilines is 1. The Bertz CT molecular complexity index is 565. The first-order valence-corrected chi connectivity index (χ1v) is 6.99. The largest absolute Gasteiger partial charge is 0.384 e. The molecule has 0 saturated heterocycles. The predicted molar refractivity (Wildman–Crippen MR) is 83.7 cm³/mol. The lowest BCUT2D eigenvalue weighted by Gasteiger charge is -2.22. The summed E-state index contributed by atoms with van der Waals surface area (Å²) < 4.78 is 0. The van der Waals surface area contributed by atoms with Crippen LogP contribution >= 0.6 is 0 Å². The van der Waals surface area contributed by atoms with Crippen molar-refractivity contribution in [3.63, 3.8) is 0 Å². The van der Waals surface area contributed by atoms with Gasteiger partial charge in [0.25, 0.3) is 0 Å². The van der Waals surface area contributed by atoms with Gasteiger partial charge in [0.1, 0.15) is 0 Å². The van der Waals surface area contributed by atoms with Crippen molar-refractivity contribution in [1.29, 1.82) is 5.26 Å². The summed E-state index contributed by atoms with van der Waals surface area (Å²) in [5.74, 6) is 1.05. The lowest BCUT2D eigenvalue weighted by Crippen LogP contribution is -2.17. The average Bonchev–Trinajstić information content (AvgIpc) is 2.49. The molecule has 0 aliphatic rings. The Morgan fingerprint density at radius 3 is 2.20 bits per heavy atom. The van der Waals surface area contributed by atoms with Gasteiger partial charge in [-0.05, 0) is 35.7 Å². The van der Waals surface area contributed by atoms with Gasteiger partial charge >= 0.3 is 0 Å². The molecule has 0 aliphatic carbocycles. The normalized spacial score (nSPS) is 11.9. The summed E-state index contributed by atoms with van der Waals surface area (Å²) in [6.07, 6.45) is 0. The highest BCUT2D eigenvalue weighted by Gasteiger charge is 2.15. The monoisotopic (exact) mass is 264 g/mol. The Morgan fingerprint density at radius 1 is 1.00 bits per heavy atom. The molecular weight excluding hydrogens is 244 g/mol. The molecule has 0 aliphatic heterocycles. The third-order valence-corrected chi connectivity index (χ3v) is 3.57. The van der Waals surface area contributed by atoms with Crippen LogP contribution < -0.4 is 5.32 Å². The first kappa shape index (κ1) is 14.1. The molecule has 0 heterocycles. The van der Waals surface area contributed by atoms with Crippen molar-refractivity contribution in [2.45, 2.75) is 19.8 Å². The van der Waals surface area contributed by atoms with Crippen LogP contribution in [0.5, 0.6) is 0 Å². The van der Waals surface area contributed by atoms with Crippen molar-refractivity contribution in [3.05, 3.63) is 65.7 Å². The van der Waals surface area contributed by atoms with E-state index in [2.05, 4.69) is 55.6 Å². The topological polar surface area (TPSA) is 35.8 Å². The van der Waals surface area contributed by atoms with E-state index in [0.29, 0.717) is 17.4 Å². The molecule has 2 rings (SSSR count). The van der Waals surface area contributed by atoms with E-state index in [4.69, 9.17) is 5.26 Å². The van der Waals surface area contributed by atoms with Gasteiger partial charge in [-0.3, -0.25) is 0 Å². The zero-order valence-electron chi connectivity index (χ0n) is 12.0. The number of benzene rings is 2. The smallest absolute Gasteiger partial charge is 0.0991 e. The SMILES string of the molecule is CC(C)C(CNc1ccc(C#N)cc1)c1ccccc1. The van der Waals surface area contributed by atoms with E-state index in [1.807, 2.05) is 24.3 Å². The Labute approximate surface area is 121 Å². The summed E-state index contributed by atoms with van der Waals surface area (Å²) in [4.78, 5) is 0. The van der Waals surface area contributed by atoms with Gasteiger partial charge < -0.3 is 5.32 Å². The fourth-order valence-corrected chi connectivity index (χ4v) is 2.33. The maximum atomic E-state index is 8.80. The predicted octanol–water partition coefficient (Wildman–Crippen LogP) is 4.41. The molecule has 0 bridgehead atoms. The van der Waals surface area contributed by atoms with Crippen LogP contribution in [0, 0.1) is 17.2 Å². The minimum absolute atomic E-state index is 0.479. The van der Waals surface area contributed by atoms with Gasteiger partial charge in [-0.25, -0.2) is 0 Å². The third kappa shape index (κ3) is 3.61. The Hall–Kier alpha value is -2.27. The Morgan fingerprint density at radius 2 is 1.65 bits per heavy atom. The average molecular weight is 264 g/mol. The molecule has 0 fully saturated rings. The molecule has 0 amide bonds. The van der Waals surface area contributed by atoms with Crippen LogP contribution in [0.15, 0.2) is 54.6 Å². The van der Waals surface area contributed by atoms with Crippen LogP contribution in [0.2, 0.25) is 0 Å². The summed E-state index contributed by atoms with van der Waals surface area (Å²) in [5.41, 5.74) is 3.12. The highest BCUT2D eigenvalue weighted by molar-refractivity contribution is 5.47. The van der Waals surface area contributed by atoms with Crippen molar-refractivity contribution < 1.29 is 0 Å². The summed E-state index contributed by atoms with van der Waals surface area (Å²) in [7, 11) is 0. The molecule has 2 heteroatoms. The first-order valence-electron chi connectivity index (χ1n) is 6.99. The number of nitrogens with one attached hydrogen (secondary N) is 1. The quantitative estimate of drug-likeness (QED) is 0.868. The lowest BCUT2D eigenvalue weighted by atomic mass is 9.88. The Kier molecular flexibility index (Phi) is 4.79. The molecule has 1 N–H and O–H groups in total. The molecule has 102 valence electrons. The summed E-state index contributed by atoms with van der Waals surface area (Å²) in [5, 5.41) is 12.3. The maximum absolute atomic E-state index is 8.80. The van der Waals surface area contributed by atoms with E-state index in [0.717, 1.165) is 12.2 Å².